The third kappa shape index (κ3) is 6.49. The lowest BCUT2D eigenvalue weighted by Crippen LogP contribution is -2.33. The summed E-state index contributed by atoms with van der Waals surface area (Å²) in [6, 6.07) is 12.9. The van der Waals surface area contributed by atoms with Crippen LogP contribution >= 0.6 is 11.6 Å². The Labute approximate surface area is 238 Å². The SMILES string of the molecule is Cn1c(CN2CCC(c3cccc(OCc4ccc(Cl)cc4F)n3)CC2)nc2c(OC(F)F)cc(/C(N)=N\O)cc21. The minimum atomic E-state index is -3.05. The molecule has 0 aliphatic carbocycles. The Morgan fingerprint density at radius 2 is 1.95 bits per heavy atom. The summed E-state index contributed by atoms with van der Waals surface area (Å²) in [6.07, 6.45) is 1.69. The summed E-state index contributed by atoms with van der Waals surface area (Å²) in [5.74, 6) is 0.506. The van der Waals surface area contributed by atoms with Gasteiger partial charge in [0.2, 0.25) is 5.88 Å². The molecular weight excluding hydrogens is 561 g/mol. The number of fused-ring (bicyclic) bond motifs is 1. The van der Waals surface area contributed by atoms with Gasteiger partial charge in [-0.15, -0.1) is 0 Å². The lowest BCUT2D eigenvalue weighted by molar-refractivity contribution is -0.0489. The molecule has 1 fully saturated rings. The smallest absolute Gasteiger partial charge is 0.387 e. The van der Waals surface area contributed by atoms with E-state index in [0.717, 1.165) is 31.6 Å². The predicted molar refractivity (Wildman–Crippen MR) is 147 cm³/mol. The number of amidine groups is 1. The number of likely N-dealkylation sites (tertiary alicyclic amines) is 1. The molecule has 2 aromatic carbocycles. The molecule has 0 radical (unpaired) electrons. The highest BCUT2D eigenvalue weighted by Gasteiger charge is 2.24. The van der Waals surface area contributed by atoms with Crippen molar-refractivity contribution in [3.63, 3.8) is 0 Å². The summed E-state index contributed by atoms with van der Waals surface area (Å²) in [7, 11) is 1.78. The fraction of sp³-hybridized carbons (Fsp3) is 0.321. The molecule has 0 saturated carbocycles. The van der Waals surface area contributed by atoms with Gasteiger partial charge in [-0.2, -0.15) is 8.78 Å². The second kappa shape index (κ2) is 12.2. The zero-order chi connectivity index (χ0) is 29.1. The Balaban J connectivity index is 1.25. The number of piperidine rings is 1. The van der Waals surface area contributed by atoms with E-state index in [1.807, 2.05) is 12.1 Å². The number of nitrogens with two attached hydrogens (primary N) is 1. The van der Waals surface area contributed by atoms with Crippen molar-refractivity contribution in [3.8, 4) is 11.6 Å². The van der Waals surface area contributed by atoms with Gasteiger partial charge in [-0.3, -0.25) is 4.90 Å². The number of oxime groups is 1. The molecule has 4 aromatic rings. The second-order valence-corrected chi connectivity index (χ2v) is 10.2. The van der Waals surface area contributed by atoms with Crippen LogP contribution in [0.1, 0.15) is 41.4 Å². The summed E-state index contributed by atoms with van der Waals surface area (Å²) < 4.78 is 52.5. The van der Waals surface area contributed by atoms with Gasteiger partial charge in [-0.25, -0.2) is 14.4 Å². The van der Waals surface area contributed by atoms with Crippen LogP contribution in [0, 0.1) is 5.82 Å². The van der Waals surface area contributed by atoms with Crippen LogP contribution in [0.25, 0.3) is 11.0 Å². The lowest BCUT2D eigenvalue weighted by atomic mass is 9.93. The molecule has 216 valence electrons. The van der Waals surface area contributed by atoms with Crippen LogP contribution in [0.5, 0.6) is 11.6 Å². The Morgan fingerprint density at radius 1 is 1.17 bits per heavy atom. The first kappa shape index (κ1) is 28.5. The van der Waals surface area contributed by atoms with E-state index in [2.05, 4.69) is 20.0 Å². The highest BCUT2D eigenvalue weighted by molar-refractivity contribution is 6.30. The molecular formula is C28H28ClF3N6O3. The Bertz CT molecular complexity index is 1570. The number of hydrogen-bond donors (Lipinski definition) is 2. The van der Waals surface area contributed by atoms with Crippen LogP contribution in [-0.2, 0) is 20.2 Å². The summed E-state index contributed by atoms with van der Waals surface area (Å²) in [6.45, 7) is -0.977. The van der Waals surface area contributed by atoms with Crippen molar-refractivity contribution in [3.05, 3.63) is 82.0 Å². The van der Waals surface area contributed by atoms with Crippen molar-refractivity contribution in [1.82, 2.24) is 19.4 Å². The van der Waals surface area contributed by atoms with Crippen molar-refractivity contribution in [2.75, 3.05) is 13.1 Å². The van der Waals surface area contributed by atoms with Crippen molar-refractivity contribution in [2.24, 2.45) is 17.9 Å². The number of rotatable bonds is 9. The van der Waals surface area contributed by atoms with E-state index in [0.29, 0.717) is 34.4 Å². The maximum Gasteiger partial charge on any atom is 0.387 e. The maximum absolute atomic E-state index is 14.1. The van der Waals surface area contributed by atoms with Crippen molar-refractivity contribution in [2.45, 2.75) is 38.5 Å². The van der Waals surface area contributed by atoms with Gasteiger partial charge in [0.1, 0.15) is 23.8 Å². The molecule has 41 heavy (non-hydrogen) atoms. The molecule has 0 bridgehead atoms. The Hall–Kier alpha value is -4.03. The van der Waals surface area contributed by atoms with Gasteiger partial charge in [-0.1, -0.05) is 28.9 Å². The van der Waals surface area contributed by atoms with E-state index in [1.165, 1.54) is 12.1 Å². The molecule has 5 rings (SSSR count). The number of alkyl halides is 2. The summed E-state index contributed by atoms with van der Waals surface area (Å²) >= 11 is 5.82. The average molecular weight is 589 g/mol. The average Bonchev–Trinajstić information content (AvgIpc) is 3.27. The normalized spacial score (nSPS) is 15.1. The number of halogens is 4. The fourth-order valence-corrected chi connectivity index (χ4v) is 5.11. The third-order valence-corrected chi connectivity index (χ3v) is 7.41. The summed E-state index contributed by atoms with van der Waals surface area (Å²) in [5, 5.41) is 12.3. The zero-order valence-electron chi connectivity index (χ0n) is 22.1. The molecule has 0 atom stereocenters. The van der Waals surface area contributed by atoms with E-state index in [4.69, 9.17) is 32.0 Å². The number of pyridine rings is 1. The molecule has 0 unspecified atom stereocenters. The summed E-state index contributed by atoms with van der Waals surface area (Å²) in [5.41, 5.74) is 8.04. The first-order valence-electron chi connectivity index (χ1n) is 12.9. The van der Waals surface area contributed by atoms with Crippen LogP contribution < -0.4 is 15.2 Å². The van der Waals surface area contributed by atoms with Gasteiger partial charge in [0, 0.05) is 40.9 Å². The van der Waals surface area contributed by atoms with Gasteiger partial charge < -0.3 is 25.0 Å². The van der Waals surface area contributed by atoms with Gasteiger partial charge in [0.15, 0.2) is 11.6 Å². The van der Waals surface area contributed by atoms with Crippen LogP contribution in [0.3, 0.4) is 0 Å². The summed E-state index contributed by atoms with van der Waals surface area (Å²) in [4.78, 5) is 11.5. The molecule has 3 heterocycles. The van der Waals surface area contributed by atoms with Crippen LogP contribution in [0.15, 0.2) is 53.7 Å². The van der Waals surface area contributed by atoms with Crippen molar-refractivity contribution < 1.29 is 27.9 Å². The highest BCUT2D eigenvalue weighted by Crippen LogP contribution is 2.32. The van der Waals surface area contributed by atoms with E-state index in [-0.39, 0.29) is 35.2 Å². The molecule has 2 aromatic heterocycles. The number of benzene rings is 2. The molecule has 0 amide bonds. The van der Waals surface area contributed by atoms with E-state index in [1.54, 1.807) is 35.9 Å². The van der Waals surface area contributed by atoms with E-state index >= 15 is 0 Å². The maximum atomic E-state index is 14.1. The van der Waals surface area contributed by atoms with Crippen molar-refractivity contribution in [1.29, 1.82) is 0 Å². The van der Waals surface area contributed by atoms with Crippen LogP contribution in [-0.4, -0.2) is 50.2 Å². The second-order valence-electron chi connectivity index (χ2n) is 9.77. The van der Waals surface area contributed by atoms with Gasteiger partial charge in [0.25, 0.3) is 0 Å². The number of aryl methyl sites for hydroxylation is 1. The van der Waals surface area contributed by atoms with E-state index < -0.39 is 12.4 Å². The molecule has 0 spiro atoms. The number of hydrogen-bond acceptors (Lipinski definition) is 7. The number of nitrogens with zero attached hydrogens (tertiary/aromatic N) is 5. The van der Waals surface area contributed by atoms with Crippen LogP contribution in [0.4, 0.5) is 13.2 Å². The molecule has 1 saturated heterocycles. The number of imidazole rings is 1. The van der Waals surface area contributed by atoms with Crippen LogP contribution in [0.2, 0.25) is 5.02 Å². The first-order chi connectivity index (χ1) is 19.7. The predicted octanol–water partition coefficient (Wildman–Crippen LogP) is 5.42. The molecule has 1 aliphatic heterocycles. The Kier molecular flexibility index (Phi) is 8.50. The molecule has 13 heteroatoms. The first-order valence-corrected chi connectivity index (χ1v) is 13.3. The van der Waals surface area contributed by atoms with E-state index in [9.17, 15) is 13.2 Å². The topological polar surface area (TPSA) is 111 Å². The number of ether oxygens (including phenoxy) is 2. The standard InChI is InChI=1S/C28H28ClF3N6O3/c1-37-22-11-18(27(33)36-39)12-23(41-28(31)32)26(22)35-24(37)14-38-9-7-16(8-10-38)21-3-2-4-25(34-21)40-15-17-5-6-19(29)13-20(17)30/h2-6,11-13,16,28,39H,7-10,14-15H2,1H3,(H2,33,36). The van der Waals surface area contributed by atoms with Gasteiger partial charge >= 0.3 is 6.61 Å². The highest BCUT2D eigenvalue weighted by atomic mass is 35.5. The third-order valence-electron chi connectivity index (χ3n) is 7.17. The minimum Gasteiger partial charge on any atom is -0.473 e. The Morgan fingerprint density at radius 3 is 2.66 bits per heavy atom. The largest absolute Gasteiger partial charge is 0.473 e. The minimum absolute atomic E-state index is 0.0425. The monoisotopic (exact) mass is 588 g/mol. The molecule has 1 aliphatic rings. The quantitative estimate of drug-likeness (QED) is 0.116. The number of aromatic nitrogens is 3. The van der Waals surface area contributed by atoms with Gasteiger partial charge in [0.05, 0.1) is 12.1 Å². The molecule has 3 N–H and O–H groups in total. The molecule has 9 nitrogen and oxygen atoms in total. The van der Waals surface area contributed by atoms with Crippen molar-refractivity contribution >= 4 is 28.5 Å². The fourth-order valence-electron chi connectivity index (χ4n) is 4.95. The van der Waals surface area contributed by atoms with Gasteiger partial charge in [-0.05, 0) is 56.3 Å². The lowest BCUT2D eigenvalue weighted by Gasteiger charge is -2.31. The zero-order valence-corrected chi connectivity index (χ0v) is 22.9.